The summed E-state index contributed by atoms with van der Waals surface area (Å²) in [5.41, 5.74) is 4.09. The molecule has 0 aliphatic carbocycles. The number of alkyl halides is 3. The fourth-order valence-corrected chi connectivity index (χ4v) is 5.90. The van der Waals surface area contributed by atoms with Crippen LogP contribution in [0, 0.1) is 0 Å². The molecule has 0 bridgehead atoms. The molecular weight excluding hydrogens is 495 g/mol. The fraction of sp³-hybridized carbons (Fsp3) is 0.321. The van der Waals surface area contributed by atoms with Gasteiger partial charge in [-0.15, -0.1) is 0 Å². The molecule has 0 spiro atoms. The summed E-state index contributed by atoms with van der Waals surface area (Å²) in [5, 5.41) is 10.9. The first-order chi connectivity index (χ1) is 18.2. The van der Waals surface area contributed by atoms with Crippen LogP contribution in [0.1, 0.15) is 48.6 Å². The van der Waals surface area contributed by atoms with E-state index >= 15 is 0 Å². The number of benzene rings is 2. The molecule has 196 valence electrons. The molecule has 2 aromatic heterocycles. The van der Waals surface area contributed by atoms with E-state index in [4.69, 9.17) is 10.7 Å². The van der Waals surface area contributed by atoms with Crippen molar-refractivity contribution in [3.05, 3.63) is 83.9 Å². The molecule has 6 rings (SSSR count). The highest BCUT2D eigenvalue weighted by Crippen LogP contribution is 2.45. The van der Waals surface area contributed by atoms with Crippen molar-refractivity contribution in [3.8, 4) is 11.3 Å². The number of nitrogens with two attached hydrogens (primary N) is 1. The van der Waals surface area contributed by atoms with Crippen LogP contribution in [-0.2, 0) is 10.4 Å². The Labute approximate surface area is 216 Å². The van der Waals surface area contributed by atoms with Crippen LogP contribution in [0.2, 0.25) is 0 Å². The molecule has 10 heteroatoms. The molecule has 3 atom stereocenters. The third kappa shape index (κ3) is 3.74. The minimum absolute atomic E-state index is 0.0102. The molecule has 4 heterocycles. The topological polar surface area (TPSA) is 96.8 Å². The van der Waals surface area contributed by atoms with Crippen LogP contribution < -0.4 is 5.73 Å². The molecule has 2 saturated heterocycles. The van der Waals surface area contributed by atoms with Crippen molar-refractivity contribution >= 4 is 17.2 Å². The van der Waals surface area contributed by atoms with Crippen molar-refractivity contribution in [2.75, 3.05) is 12.3 Å². The number of anilines is 1. The van der Waals surface area contributed by atoms with Crippen LogP contribution in [0.4, 0.5) is 19.0 Å². The minimum atomic E-state index is -4.94. The second-order valence-electron chi connectivity index (χ2n) is 10.0. The first-order valence-electron chi connectivity index (χ1n) is 12.6. The van der Waals surface area contributed by atoms with Gasteiger partial charge in [0.25, 0.3) is 0 Å². The number of nitrogens with zero attached hydrogens (tertiary/aromatic N) is 4. The van der Waals surface area contributed by atoms with E-state index in [9.17, 15) is 23.1 Å². The highest BCUT2D eigenvalue weighted by atomic mass is 19.4. The van der Waals surface area contributed by atoms with Gasteiger partial charge in [0.15, 0.2) is 0 Å². The maximum atomic E-state index is 14.2. The maximum Gasteiger partial charge on any atom is 0.425 e. The van der Waals surface area contributed by atoms with Gasteiger partial charge in [-0.2, -0.15) is 13.2 Å². The summed E-state index contributed by atoms with van der Waals surface area (Å²) in [5.74, 6) is 1.13. The Morgan fingerprint density at radius 1 is 0.974 bits per heavy atom. The third-order valence-electron chi connectivity index (χ3n) is 7.87. The smallest absolute Gasteiger partial charge is 0.382 e. The number of fused-ring (bicyclic) bond motifs is 2. The zero-order chi connectivity index (χ0) is 26.7. The van der Waals surface area contributed by atoms with Gasteiger partial charge in [0.1, 0.15) is 22.9 Å². The van der Waals surface area contributed by atoms with E-state index in [0.717, 1.165) is 25.1 Å². The molecule has 2 aliphatic rings. The van der Waals surface area contributed by atoms with Gasteiger partial charge < -0.3 is 15.7 Å². The largest absolute Gasteiger partial charge is 0.425 e. The molecule has 0 saturated carbocycles. The summed E-state index contributed by atoms with van der Waals surface area (Å²) in [7, 11) is 0. The third-order valence-corrected chi connectivity index (χ3v) is 7.87. The number of carbonyl (C=O) groups is 1. The van der Waals surface area contributed by atoms with Gasteiger partial charge in [0.05, 0.1) is 0 Å². The number of nitrogen functional groups attached to an aromatic ring is 1. The molecule has 0 radical (unpaired) electrons. The van der Waals surface area contributed by atoms with Crippen molar-refractivity contribution in [1.29, 1.82) is 0 Å². The lowest BCUT2D eigenvalue weighted by atomic mass is 9.85. The molecule has 1 amide bonds. The number of piperidine rings is 1. The monoisotopic (exact) mass is 521 g/mol. The highest BCUT2D eigenvalue weighted by Gasteiger charge is 2.56. The summed E-state index contributed by atoms with van der Waals surface area (Å²) in [4.78, 5) is 23.4. The number of amides is 1. The van der Waals surface area contributed by atoms with Crippen LogP contribution in [0.15, 0.2) is 67.0 Å². The Kier molecular flexibility index (Phi) is 5.68. The van der Waals surface area contributed by atoms with Gasteiger partial charge in [-0.3, -0.25) is 9.20 Å². The van der Waals surface area contributed by atoms with Gasteiger partial charge >= 0.3 is 6.18 Å². The SMILES string of the molecule is Nc1nccn2c([C@@H]3CC[C@H]4CCC(=O)N4C3)nc(-c3ccc([C@@](O)(c4ccccc4)C(F)(F)F)cc3)c12. The van der Waals surface area contributed by atoms with E-state index in [1.54, 1.807) is 18.5 Å². The first-order valence-corrected chi connectivity index (χ1v) is 12.6. The summed E-state index contributed by atoms with van der Waals surface area (Å²) in [6, 6.07) is 12.8. The van der Waals surface area contributed by atoms with Gasteiger partial charge in [0.2, 0.25) is 11.5 Å². The van der Waals surface area contributed by atoms with E-state index in [1.165, 1.54) is 48.5 Å². The van der Waals surface area contributed by atoms with E-state index in [0.29, 0.717) is 29.7 Å². The number of hydrogen-bond acceptors (Lipinski definition) is 5. The van der Waals surface area contributed by atoms with E-state index in [1.807, 2.05) is 9.30 Å². The summed E-state index contributed by atoms with van der Waals surface area (Å²) >= 11 is 0. The normalized spacial score (nSPS) is 21.5. The second-order valence-corrected chi connectivity index (χ2v) is 10.0. The summed E-state index contributed by atoms with van der Waals surface area (Å²) in [6.45, 7) is 0.568. The maximum absolute atomic E-state index is 14.2. The van der Waals surface area contributed by atoms with Crippen LogP contribution in [0.3, 0.4) is 0 Å². The number of carbonyl (C=O) groups excluding carboxylic acids is 1. The van der Waals surface area contributed by atoms with Crippen LogP contribution in [0.25, 0.3) is 16.8 Å². The Balaban J connectivity index is 1.41. The predicted molar refractivity (Wildman–Crippen MR) is 135 cm³/mol. The molecule has 3 N–H and O–H groups in total. The van der Waals surface area contributed by atoms with Gasteiger partial charge in [-0.1, -0.05) is 54.6 Å². The number of halogens is 3. The van der Waals surface area contributed by atoms with E-state index in [-0.39, 0.29) is 34.8 Å². The predicted octanol–water partition coefficient (Wildman–Crippen LogP) is 4.65. The lowest BCUT2D eigenvalue weighted by Crippen LogP contribution is -2.43. The highest BCUT2D eigenvalue weighted by molar-refractivity contribution is 5.85. The zero-order valence-electron chi connectivity index (χ0n) is 20.4. The molecule has 38 heavy (non-hydrogen) atoms. The van der Waals surface area contributed by atoms with Crippen molar-refractivity contribution in [2.24, 2.45) is 0 Å². The first kappa shape index (κ1) is 24.4. The zero-order valence-corrected chi connectivity index (χ0v) is 20.4. The molecular formula is C28H26F3N5O2. The Hall–Kier alpha value is -3.92. The number of rotatable bonds is 4. The second kappa shape index (κ2) is 8.83. The molecule has 0 unspecified atom stereocenters. The van der Waals surface area contributed by atoms with Gasteiger partial charge in [-0.05, 0) is 30.4 Å². The van der Waals surface area contributed by atoms with Crippen LogP contribution in [-0.4, -0.2) is 49.0 Å². The standard InChI is InChI=1S/C28H26F3N5O2/c29-28(30,31)27(38,19-4-2-1-3-5-19)20-9-6-17(7-10-20)23-24-25(32)33-14-15-35(24)26(34-23)18-8-11-21-12-13-22(37)36(21)16-18/h1-7,9-10,14-15,18,21,38H,8,11-13,16H2,(H2,32,33)/t18-,21+,27+/m1/s1. The lowest BCUT2D eigenvalue weighted by Gasteiger charge is -2.34. The Morgan fingerprint density at radius 2 is 1.68 bits per heavy atom. The number of imidazole rings is 1. The summed E-state index contributed by atoms with van der Waals surface area (Å²) in [6.07, 6.45) is 1.62. The molecule has 2 aromatic carbocycles. The number of aromatic nitrogens is 3. The van der Waals surface area contributed by atoms with Crippen molar-refractivity contribution in [1.82, 2.24) is 19.3 Å². The molecule has 2 aliphatic heterocycles. The molecule has 4 aromatic rings. The number of hydrogen-bond donors (Lipinski definition) is 2. The van der Waals surface area contributed by atoms with Gasteiger partial charge in [-0.25, -0.2) is 9.97 Å². The fourth-order valence-electron chi connectivity index (χ4n) is 5.90. The number of aliphatic hydroxyl groups is 1. The van der Waals surface area contributed by atoms with Crippen molar-refractivity contribution < 1.29 is 23.1 Å². The van der Waals surface area contributed by atoms with E-state index < -0.39 is 11.8 Å². The van der Waals surface area contributed by atoms with Crippen LogP contribution in [0.5, 0.6) is 0 Å². The van der Waals surface area contributed by atoms with Gasteiger partial charge in [0, 0.05) is 42.9 Å². The van der Waals surface area contributed by atoms with E-state index in [2.05, 4.69) is 4.98 Å². The molecule has 7 nitrogen and oxygen atoms in total. The molecule has 2 fully saturated rings. The van der Waals surface area contributed by atoms with Crippen molar-refractivity contribution in [3.63, 3.8) is 0 Å². The minimum Gasteiger partial charge on any atom is -0.382 e. The quantitative estimate of drug-likeness (QED) is 0.408. The Morgan fingerprint density at radius 3 is 2.39 bits per heavy atom. The lowest BCUT2D eigenvalue weighted by molar-refractivity contribution is -0.248. The average molecular weight is 522 g/mol. The van der Waals surface area contributed by atoms with Crippen LogP contribution >= 0.6 is 0 Å². The van der Waals surface area contributed by atoms with Crippen molar-refractivity contribution in [2.45, 2.75) is 49.4 Å². The summed E-state index contributed by atoms with van der Waals surface area (Å²) < 4.78 is 44.4. The Bertz CT molecular complexity index is 1500. The average Bonchev–Trinajstić information content (AvgIpc) is 3.49.